The van der Waals surface area contributed by atoms with Crippen molar-refractivity contribution < 1.29 is 9.32 Å². The van der Waals surface area contributed by atoms with Crippen LogP contribution in [0.25, 0.3) is 17.0 Å². The lowest BCUT2D eigenvalue weighted by Crippen LogP contribution is -2.46. The third kappa shape index (κ3) is 4.20. The summed E-state index contributed by atoms with van der Waals surface area (Å²) in [4.78, 5) is 20.7. The summed E-state index contributed by atoms with van der Waals surface area (Å²) in [5, 5.41) is 7.90. The molecule has 1 unspecified atom stereocenters. The van der Waals surface area contributed by atoms with Gasteiger partial charge in [-0.15, -0.1) is 11.8 Å². The number of carbonyl (C=O) groups is 1. The van der Waals surface area contributed by atoms with E-state index in [1.807, 2.05) is 86.0 Å². The van der Waals surface area contributed by atoms with Gasteiger partial charge in [-0.3, -0.25) is 4.90 Å². The van der Waals surface area contributed by atoms with E-state index in [0.29, 0.717) is 28.0 Å². The van der Waals surface area contributed by atoms with E-state index in [9.17, 15) is 4.79 Å². The number of benzene rings is 3. The zero-order valence-corrected chi connectivity index (χ0v) is 20.1. The Morgan fingerprint density at radius 1 is 1.03 bits per heavy atom. The second kappa shape index (κ2) is 9.37. The third-order valence-electron chi connectivity index (χ3n) is 5.69. The summed E-state index contributed by atoms with van der Waals surface area (Å²) in [5.74, 6) is 0.823. The van der Waals surface area contributed by atoms with Gasteiger partial charge in [0.25, 0.3) is 5.89 Å². The standard InChI is InChI=1S/C26H21ClN4O2S/c1-16-22(25-29-24(30-33-25)17-11-13-21(34-2)14-12-17)23(18-7-6-8-19(27)15-18)28-26(32)31(16)20-9-4-3-5-10-20/h3-15,23H,1-2H3,(H,28,32). The predicted octanol–water partition coefficient (Wildman–Crippen LogP) is 6.81. The minimum atomic E-state index is -0.502. The van der Waals surface area contributed by atoms with E-state index in [2.05, 4.69) is 10.5 Å². The SMILES string of the molecule is CSc1ccc(-c2noc(C3=C(C)N(c4ccccc4)C(=O)NC3c3cccc(Cl)c3)n2)cc1. The molecule has 1 atom stereocenters. The average Bonchev–Trinajstić information content (AvgIpc) is 3.34. The molecule has 8 heteroatoms. The van der Waals surface area contributed by atoms with Crippen LogP contribution in [-0.4, -0.2) is 22.4 Å². The van der Waals surface area contributed by atoms with Gasteiger partial charge in [0.05, 0.1) is 17.3 Å². The van der Waals surface area contributed by atoms with Crippen LogP contribution in [0.1, 0.15) is 24.4 Å². The molecule has 0 aliphatic carbocycles. The summed E-state index contributed by atoms with van der Waals surface area (Å²) in [7, 11) is 0. The monoisotopic (exact) mass is 488 g/mol. The van der Waals surface area contributed by atoms with Gasteiger partial charge in [0.15, 0.2) is 0 Å². The zero-order chi connectivity index (χ0) is 23.7. The van der Waals surface area contributed by atoms with E-state index in [1.54, 1.807) is 22.7 Å². The van der Waals surface area contributed by atoms with Crippen molar-refractivity contribution in [2.45, 2.75) is 17.9 Å². The highest BCUT2D eigenvalue weighted by atomic mass is 35.5. The number of nitrogens with zero attached hydrogens (tertiary/aromatic N) is 3. The topological polar surface area (TPSA) is 71.3 Å². The number of amides is 2. The van der Waals surface area contributed by atoms with Crippen molar-refractivity contribution in [3.8, 4) is 11.4 Å². The molecule has 1 aromatic heterocycles. The fourth-order valence-electron chi connectivity index (χ4n) is 4.03. The fraction of sp³-hybridized carbons (Fsp3) is 0.115. The molecule has 6 nitrogen and oxygen atoms in total. The second-order valence-electron chi connectivity index (χ2n) is 7.76. The lowest BCUT2D eigenvalue weighted by atomic mass is 9.94. The zero-order valence-electron chi connectivity index (χ0n) is 18.5. The molecule has 2 amide bonds. The maximum absolute atomic E-state index is 13.2. The summed E-state index contributed by atoms with van der Waals surface area (Å²) in [6.07, 6.45) is 2.03. The first-order valence-electron chi connectivity index (χ1n) is 10.7. The molecule has 0 spiro atoms. The first kappa shape index (κ1) is 22.3. The Labute approximate surface area is 206 Å². The number of anilines is 1. The highest BCUT2D eigenvalue weighted by Crippen LogP contribution is 2.39. The first-order valence-corrected chi connectivity index (χ1v) is 12.3. The van der Waals surface area contributed by atoms with Crippen LogP contribution in [-0.2, 0) is 0 Å². The summed E-state index contributed by atoms with van der Waals surface area (Å²) < 4.78 is 5.75. The van der Waals surface area contributed by atoms with Gasteiger partial charge in [-0.25, -0.2) is 4.79 Å². The van der Waals surface area contributed by atoms with Crippen LogP contribution in [0.2, 0.25) is 5.02 Å². The van der Waals surface area contributed by atoms with Crippen molar-refractivity contribution in [1.29, 1.82) is 0 Å². The van der Waals surface area contributed by atoms with Crippen molar-refractivity contribution in [2.75, 3.05) is 11.2 Å². The van der Waals surface area contributed by atoms with Crippen molar-refractivity contribution >= 4 is 40.7 Å². The van der Waals surface area contributed by atoms with E-state index in [-0.39, 0.29) is 6.03 Å². The summed E-state index contributed by atoms with van der Waals surface area (Å²) >= 11 is 7.94. The highest BCUT2D eigenvalue weighted by Gasteiger charge is 2.36. The van der Waals surface area contributed by atoms with Gasteiger partial charge in [-0.05, 0) is 67.3 Å². The third-order valence-corrected chi connectivity index (χ3v) is 6.66. The van der Waals surface area contributed by atoms with Gasteiger partial charge in [-0.1, -0.05) is 47.1 Å². The molecule has 34 heavy (non-hydrogen) atoms. The number of rotatable bonds is 5. The number of urea groups is 1. The number of allylic oxidation sites excluding steroid dienone is 1. The van der Waals surface area contributed by atoms with Crippen molar-refractivity contribution in [2.24, 2.45) is 0 Å². The van der Waals surface area contributed by atoms with Gasteiger partial charge in [0, 0.05) is 21.2 Å². The van der Waals surface area contributed by atoms with Crippen LogP contribution >= 0.6 is 23.4 Å². The molecule has 170 valence electrons. The largest absolute Gasteiger partial charge is 0.334 e. The number of halogens is 1. The van der Waals surface area contributed by atoms with E-state index in [1.165, 1.54) is 0 Å². The number of hydrogen-bond donors (Lipinski definition) is 1. The van der Waals surface area contributed by atoms with Gasteiger partial charge in [0.2, 0.25) is 5.82 Å². The number of aromatic nitrogens is 2. The molecule has 1 N–H and O–H groups in total. The Morgan fingerprint density at radius 3 is 2.50 bits per heavy atom. The quantitative estimate of drug-likeness (QED) is 0.312. The van der Waals surface area contributed by atoms with Crippen molar-refractivity contribution in [3.63, 3.8) is 0 Å². The van der Waals surface area contributed by atoms with Crippen molar-refractivity contribution in [1.82, 2.24) is 15.5 Å². The average molecular weight is 489 g/mol. The molecule has 0 saturated carbocycles. The Hall–Kier alpha value is -3.55. The molecule has 2 heterocycles. The van der Waals surface area contributed by atoms with Gasteiger partial charge in [-0.2, -0.15) is 4.98 Å². The predicted molar refractivity (Wildman–Crippen MR) is 136 cm³/mol. The summed E-state index contributed by atoms with van der Waals surface area (Å²) in [6, 6.07) is 24.1. The van der Waals surface area contributed by atoms with E-state index in [4.69, 9.17) is 21.1 Å². The lowest BCUT2D eigenvalue weighted by Gasteiger charge is -2.35. The molecule has 1 aliphatic rings. The van der Waals surface area contributed by atoms with Crippen LogP contribution in [0.15, 0.2) is 94.0 Å². The highest BCUT2D eigenvalue weighted by molar-refractivity contribution is 7.98. The number of hydrogen-bond acceptors (Lipinski definition) is 5. The fourth-order valence-corrected chi connectivity index (χ4v) is 4.64. The number of thioether (sulfide) groups is 1. The van der Waals surface area contributed by atoms with Crippen molar-refractivity contribution in [3.05, 3.63) is 101 Å². The molecule has 0 radical (unpaired) electrons. The molecule has 5 rings (SSSR count). The van der Waals surface area contributed by atoms with Gasteiger partial charge in [0.1, 0.15) is 0 Å². The maximum atomic E-state index is 13.2. The van der Waals surface area contributed by atoms with Crippen LogP contribution in [0.4, 0.5) is 10.5 Å². The summed E-state index contributed by atoms with van der Waals surface area (Å²) in [6.45, 7) is 1.88. The molecule has 1 aliphatic heterocycles. The molecule has 0 bridgehead atoms. The Balaban J connectivity index is 1.63. The molecular formula is C26H21ClN4O2S. The number of para-hydroxylation sites is 1. The van der Waals surface area contributed by atoms with Crippen LogP contribution in [0.5, 0.6) is 0 Å². The molecule has 4 aromatic rings. The first-order chi connectivity index (χ1) is 16.5. The maximum Gasteiger partial charge on any atom is 0.326 e. The van der Waals surface area contributed by atoms with Gasteiger partial charge < -0.3 is 9.84 Å². The number of carbonyl (C=O) groups excluding carboxylic acids is 1. The van der Waals surface area contributed by atoms with Crippen LogP contribution in [0.3, 0.4) is 0 Å². The molecule has 0 fully saturated rings. The Kier molecular flexibility index (Phi) is 6.13. The normalized spacial score (nSPS) is 16.0. The smallest absolute Gasteiger partial charge is 0.326 e. The minimum absolute atomic E-state index is 0.246. The van der Waals surface area contributed by atoms with E-state index < -0.39 is 6.04 Å². The Morgan fingerprint density at radius 2 is 1.79 bits per heavy atom. The number of nitrogens with one attached hydrogen (secondary N) is 1. The second-order valence-corrected chi connectivity index (χ2v) is 9.08. The molecule has 0 saturated heterocycles. The molecular weight excluding hydrogens is 468 g/mol. The Bertz CT molecular complexity index is 1370. The lowest BCUT2D eigenvalue weighted by molar-refractivity contribution is 0.244. The summed E-state index contributed by atoms with van der Waals surface area (Å²) in [5.41, 5.74) is 3.84. The molecule has 3 aromatic carbocycles. The minimum Gasteiger partial charge on any atom is -0.334 e. The van der Waals surface area contributed by atoms with E-state index >= 15 is 0 Å². The van der Waals surface area contributed by atoms with Crippen LogP contribution in [0, 0.1) is 0 Å². The van der Waals surface area contributed by atoms with Gasteiger partial charge >= 0.3 is 6.03 Å². The van der Waals surface area contributed by atoms with Crippen LogP contribution < -0.4 is 10.2 Å². The van der Waals surface area contributed by atoms with E-state index in [0.717, 1.165) is 21.7 Å².